The van der Waals surface area contributed by atoms with Gasteiger partial charge in [0.1, 0.15) is 0 Å². The smallest absolute Gasteiger partial charge is 0.0998 e. The van der Waals surface area contributed by atoms with Gasteiger partial charge in [0.25, 0.3) is 0 Å². The molecule has 55 heavy (non-hydrogen) atoms. The average molecular weight is 695 g/mol. The van der Waals surface area contributed by atoms with Gasteiger partial charge in [-0.3, -0.25) is 0 Å². The van der Waals surface area contributed by atoms with Gasteiger partial charge in [0, 0.05) is 21.8 Å². The molecule has 12 rings (SSSR count). The van der Waals surface area contributed by atoms with Crippen LogP contribution in [0.1, 0.15) is 5.56 Å². The van der Waals surface area contributed by atoms with Gasteiger partial charge in [-0.2, -0.15) is 5.26 Å². The van der Waals surface area contributed by atoms with Gasteiger partial charge in [0.15, 0.2) is 0 Å². The van der Waals surface area contributed by atoms with E-state index in [2.05, 4.69) is 180 Å². The molecule has 12 aromatic rings. The van der Waals surface area contributed by atoms with Crippen LogP contribution in [-0.4, -0.2) is 4.57 Å². The summed E-state index contributed by atoms with van der Waals surface area (Å²) in [6, 6.07) is 68.7. The van der Waals surface area contributed by atoms with Crippen molar-refractivity contribution in [3.63, 3.8) is 0 Å². The van der Waals surface area contributed by atoms with E-state index < -0.39 is 0 Å². The predicted octanol–water partition coefficient (Wildman–Crippen LogP) is 14.3. The Kier molecular flexibility index (Phi) is 6.15. The molecule has 0 saturated heterocycles. The molecular weight excluding hydrogens is 665 g/mol. The highest BCUT2D eigenvalue weighted by Crippen LogP contribution is 2.44. The molecule has 0 N–H and O–H groups in total. The van der Waals surface area contributed by atoms with E-state index in [0.29, 0.717) is 5.56 Å². The number of rotatable bonds is 4. The summed E-state index contributed by atoms with van der Waals surface area (Å²) in [4.78, 5) is 0. The monoisotopic (exact) mass is 694 g/mol. The van der Waals surface area contributed by atoms with Crippen LogP contribution in [0.5, 0.6) is 0 Å². The Morgan fingerprint density at radius 1 is 0.345 bits per heavy atom. The van der Waals surface area contributed by atoms with Crippen molar-refractivity contribution in [2.45, 2.75) is 0 Å². The molecular formula is C53H30N2. The van der Waals surface area contributed by atoms with Gasteiger partial charge < -0.3 is 4.57 Å². The van der Waals surface area contributed by atoms with E-state index in [-0.39, 0.29) is 0 Å². The second-order valence-electron chi connectivity index (χ2n) is 14.8. The van der Waals surface area contributed by atoms with Gasteiger partial charge in [-0.05, 0) is 136 Å². The molecule has 0 fully saturated rings. The SMILES string of the molecule is N#Cc1ccc2c3c1ccc1c(-c4ccc(-c5cc6ccc7cc(-c8cccc9ccccc89)cc8ccc(c5)c6c78)cc4)ccc(c13)n2-c1ccccc1. The van der Waals surface area contributed by atoms with E-state index in [1.807, 2.05) is 12.1 Å². The van der Waals surface area contributed by atoms with Crippen molar-refractivity contribution in [1.82, 2.24) is 4.57 Å². The number of para-hydroxylation sites is 1. The normalized spacial score (nSPS) is 12.0. The number of hydrogen-bond acceptors (Lipinski definition) is 1. The van der Waals surface area contributed by atoms with E-state index >= 15 is 0 Å². The molecule has 252 valence electrons. The first-order valence-corrected chi connectivity index (χ1v) is 18.8. The molecule has 0 amide bonds. The highest BCUT2D eigenvalue weighted by atomic mass is 15.0. The lowest BCUT2D eigenvalue weighted by Crippen LogP contribution is -1.93. The van der Waals surface area contributed by atoms with Crippen LogP contribution in [0.4, 0.5) is 0 Å². The van der Waals surface area contributed by atoms with Crippen molar-refractivity contribution in [2.24, 2.45) is 0 Å². The van der Waals surface area contributed by atoms with Crippen molar-refractivity contribution in [3.05, 3.63) is 188 Å². The summed E-state index contributed by atoms with van der Waals surface area (Å²) < 4.78 is 2.33. The van der Waals surface area contributed by atoms with Gasteiger partial charge in [-0.25, -0.2) is 0 Å². The molecule has 11 aromatic carbocycles. The van der Waals surface area contributed by atoms with Gasteiger partial charge in [-0.1, -0.05) is 127 Å². The van der Waals surface area contributed by atoms with Crippen molar-refractivity contribution in [2.75, 3.05) is 0 Å². The Morgan fingerprint density at radius 3 is 1.62 bits per heavy atom. The van der Waals surface area contributed by atoms with Crippen LogP contribution in [-0.2, 0) is 0 Å². The molecule has 0 atom stereocenters. The van der Waals surface area contributed by atoms with Crippen molar-refractivity contribution >= 4 is 75.7 Å². The Labute approximate surface area is 317 Å². The molecule has 0 radical (unpaired) electrons. The largest absolute Gasteiger partial charge is 0.309 e. The summed E-state index contributed by atoms with van der Waals surface area (Å²) in [7, 11) is 0. The lowest BCUT2D eigenvalue weighted by atomic mass is 9.88. The molecule has 0 aliphatic heterocycles. The zero-order chi connectivity index (χ0) is 36.2. The standard InChI is InChI=1S/C53H30N2/c54-31-39-21-25-48-52-46(39)22-23-47-45(24-26-49(53(47)52)55(48)42-9-2-1-3-10-42)34-15-13-32(14-16-34)40-27-35-17-19-37-29-41(30-38-20-18-36(28-40)50(35)51(37)38)44-12-6-8-33-7-4-5-11-43(33)44/h1-30H. The molecule has 0 unspecified atom stereocenters. The lowest BCUT2D eigenvalue weighted by Gasteiger charge is -2.15. The molecule has 0 bridgehead atoms. The van der Waals surface area contributed by atoms with Gasteiger partial charge in [0.05, 0.1) is 22.7 Å². The highest BCUT2D eigenvalue weighted by Gasteiger charge is 2.21. The topological polar surface area (TPSA) is 28.7 Å². The average Bonchev–Trinajstić information content (AvgIpc) is 3.59. The molecule has 1 heterocycles. The quantitative estimate of drug-likeness (QED) is 0.169. The predicted molar refractivity (Wildman–Crippen MR) is 232 cm³/mol. The van der Waals surface area contributed by atoms with Crippen LogP contribution in [0.3, 0.4) is 0 Å². The number of nitrogens with zero attached hydrogens (tertiary/aromatic N) is 2. The summed E-state index contributed by atoms with van der Waals surface area (Å²) >= 11 is 0. The first-order valence-electron chi connectivity index (χ1n) is 18.8. The summed E-state index contributed by atoms with van der Waals surface area (Å²) in [5, 5.41) is 24.8. The second kappa shape index (κ2) is 11.3. The van der Waals surface area contributed by atoms with Crippen LogP contribution >= 0.6 is 0 Å². The highest BCUT2D eigenvalue weighted by molar-refractivity contribution is 6.28. The van der Waals surface area contributed by atoms with E-state index in [0.717, 1.165) is 27.5 Å². The molecule has 0 spiro atoms. The van der Waals surface area contributed by atoms with E-state index in [1.54, 1.807) is 0 Å². The Bertz CT molecular complexity index is 3460. The maximum atomic E-state index is 10.0. The molecule has 0 saturated carbocycles. The van der Waals surface area contributed by atoms with Crippen molar-refractivity contribution in [1.29, 1.82) is 5.26 Å². The third kappa shape index (κ3) is 4.30. The summed E-state index contributed by atoms with van der Waals surface area (Å²) in [5.41, 5.74) is 11.4. The third-order valence-corrected chi connectivity index (χ3v) is 11.9. The number of nitriles is 1. The maximum absolute atomic E-state index is 10.0. The van der Waals surface area contributed by atoms with Crippen LogP contribution < -0.4 is 0 Å². The first-order chi connectivity index (χ1) is 27.2. The van der Waals surface area contributed by atoms with E-state index in [9.17, 15) is 5.26 Å². The molecule has 2 heteroatoms. The lowest BCUT2D eigenvalue weighted by molar-refractivity contribution is 1.18. The van der Waals surface area contributed by atoms with Crippen LogP contribution in [0, 0.1) is 11.3 Å². The minimum Gasteiger partial charge on any atom is -0.309 e. The summed E-state index contributed by atoms with van der Waals surface area (Å²) in [6.07, 6.45) is 0. The van der Waals surface area contributed by atoms with E-state index in [4.69, 9.17) is 0 Å². The number of benzene rings is 11. The van der Waals surface area contributed by atoms with Crippen LogP contribution in [0.15, 0.2) is 182 Å². The van der Waals surface area contributed by atoms with Gasteiger partial charge in [-0.15, -0.1) is 0 Å². The fourth-order valence-corrected chi connectivity index (χ4v) is 9.44. The fourth-order valence-electron chi connectivity index (χ4n) is 9.44. The van der Waals surface area contributed by atoms with Crippen molar-refractivity contribution in [3.8, 4) is 45.1 Å². The number of fused-ring (bicyclic) bond motifs is 1. The minimum atomic E-state index is 0.704. The maximum Gasteiger partial charge on any atom is 0.0998 e. The van der Waals surface area contributed by atoms with Gasteiger partial charge in [0.2, 0.25) is 0 Å². The van der Waals surface area contributed by atoms with E-state index in [1.165, 1.54) is 87.2 Å². The molecule has 1 aromatic heterocycles. The number of aromatic nitrogens is 1. The van der Waals surface area contributed by atoms with Gasteiger partial charge >= 0.3 is 0 Å². The minimum absolute atomic E-state index is 0.704. The Balaban J connectivity index is 0.962. The summed E-state index contributed by atoms with van der Waals surface area (Å²) in [5.74, 6) is 0. The Morgan fingerprint density at radius 2 is 0.909 bits per heavy atom. The fraction of sp³-hybridized carbons (Fsp3) is 0. The molecule has 2 nitrogen and oxygen atoms in total. The second-order valence-corrected chi connectivity index (χ2v) is 14.8. The van der Waals surface area contributed by atoms with Crippen molar-refractivity contribution < 1.29 is 0 Å². The summed E-state index contributed by atoms with van der Waals surface area (Å²) in [6.45, 7) is 0. The van der Waals surface area contributed by atoms with Crippen LogP contribution in [0.2, 0.25) is 0 Å². The zero-order valence-electron chi connectivity index (χ0n) is 29.7. The Hall–Kier alpha value is -7.47. The van der Waals surface area contributed by atoms with Crippen LogP contribution in [0.25, 0.3) is 115 Å². The molecule has 0 aliphatic rings. The zero-order valence-corrected chi connectivity index (χ0v) is 29.7. The number of hydrogen-bond donors (Lipinski definition) is 0. The third-order valence-electron chi connectivity index (χ3n) is 11.9. The first kappa shape index (κ1) is 30.0. The molecule has 0 aliphatic carbocycles.